The van der Waals surface area contributed by atoms with Gasteiger partial charge in [-0.1, -0.05) is 34.6 Å². The van der Waals surface area contributed by atoms with E-state index in [2.05, 4.69) is 88.1 Å². The summed E-state index contributed by atoms with van der Waals surface area (Å²) in [7, 11) is -6.17. The Morgan fingerprint density at radius 2 is 1.38 bits per heavy atom. The maximum atomic E-state index is 7.22. The smallest absolute Gasteiger partial charge is 0.216 e. The number of hydrogen-bond acceptors (Lipinski definition) is 4. The van der Waals surface area contributed by atoms with Crippen molar-refractivity contribution in [3.05, 3.63) is 0 Å². The molecule has 0 saturated carbocycles. The lowest BCUT2D eigenvalue weighted by molar-refractivity contribution is 0.0807. The molecule has 0 saturated heterocycles. The molecule has 0 bridgehead atoms. The first-order chi connectivity index (χ1) is 12.9. The van der Waals surface area contributed by atoms with Crippen LogP contribution in [0, 0.1) is 0 Å². The van der Waals surface area contributed by atoms with Crippen molar-refractivity contribution in [3.63, 3.8) is 0 Å². The van der Waals surface area contributed by atoms with Gasteiger partial charge in [0.05, 0.1) is 11.0 Å². The highest BCUT2D eigenvalue weighted by atomic mass is 28.4. The molecule has 0 aromatic heterocycles. The molecule has 0 rings (SSSR count). The van der Waals surface area contributed by atoms with Gasteiger partial charge in [0, 0.05) is 6.10 Å². The molecule has 0 aromatic rings. The van der Waals surface area contributed by atoms with E-state index < -0.39 is 25.0 Å². The fourth-order valence-electron chi connectivity index (χ4n) is 3.38. The normalized spacial score (nSPS) is 20.1. The summed E-state index contributed by atoms with van der Waals surface area (Å²) in [6.45, 7) is 30.4. The van der Waals surface area contributed by atoms with Gasteiger partial charge in [0.2, 0.25) is 16.6 Å². The van der Waals surface area contributed by atoms with Gasteiger partial charge in [-0.2, -0.15) is 0 Å². The minimum atomic E-state index is -2.20. The Morgan fingerprint density at radius 1 is 0.862 bits per heavy atom. The standard InChI is InChI=1S/C22H53NO3Si3/c1-14-19(3)24-28(11,12)22(8,15-2)26-29(13,18-16-17-23)20(4)25-27(9,10)21(5,6)7/h19-20H,14-18,23H2,1-13H3/t19?,20?,22-,29?/m1/s1. The Morgan fingerprint density at radius 3 is 1.76 bits per heavy atom. The molecule has 0 aliphatic rings. The van der Waals surface area contributed by atoms with Crippen LogP contribution < -0.4 is 5.73 Å². The van der Waals surface area contributed by atoms with Crippen LogP contribution in [0.4, 0.5) is 0 Å². The van der Waals surface area contributed by atoms with E-state index in [-0.39, 0.29) is 22.1 Å². The monoisotopic (exact) mass is 463 g/mol. The first kappa shape index (κ1) is 29.5. The van der Waals surface area contributed by atoms with Crippen LogP contribution in [0.1, 0.15) is 74.7 Å². The van der Waals surface area contributed by atoms with E-state index in [0.717, 1.165) is 25.3 Å². The van der Waals surface area contributed by atoms with Gasteiger partial charge >= 0.3 is 0 Å². The van der Waals surface area contributed by atoms with Crippen molar-refractivity contribution >= 4 is 25.0 Å². The summed E-state index contributed by atoms with van der Waals surface area (Å²) >= 11 is 0. The highest BCUT2D eigenvalue weighted by Gasteiger charge is 2.52. The lowest BCUT2D eigenvalue weighted by Gasteiger charge is -2.50. The van der Waals surface area contributed by atoms with Crippen molar-refractivity contribution in [3.8, 4) is 0 Å². The second-order valence-corrected chi connectivity index (χ2v) is 24.5. The van der Waals surface area contributed by atoms with Crippen LogP contribution in [0.2, 0.25) is 43.8 Å². The van der Waals surface area contributed by atoms with Crippen LogP contribution in [0.25, 0.3) is 0 Å². The third-order valence-corrected chi connectivity index (χ3v) is 20.6. The summed E-state index contributed by atoms with van der Waals surface area (Å²) < 4.78 is 20.7. The van der Waals surface area contributed by atoms with Crippen LogP contribution in [-0.4, -0.2) is 48.6 Å². The van der Waals surface area contributed by atoms with Crippen molar-refractivity contribution in [2.24, 2.45) is 5.73 Å². The molecule has 0 fully saturated rings. The zero-order chi connectivity index (χ0) is 23.3. The van der Waals surface area contributed by atoms with Gasteiger partial charge in [-0.3, -0.25) is 0 Å². The fourth-order valence-corrected chi connectivity index (χ4v) is 13.2. The molecule has 7 heteroatoms. The second-order valence-electron chi connectivity index (χ2n) is 11.3. The molecule has 2 N–H and O–H groups in total. The average Bonchev–Trinajstić information content (AvgIpc) is 2.57. The van der Waals surface area contributed by atoms with E-state index in [1.807, 2.05) is 0 Å². The van der Waals surface area contributed by atoms with E-state index >= 15 is 0 Å². The van der Waals surface area contributed by atoms with E-state index in [4.69, 9.17) is 19.0 Å². The van der Waals surface area contributed by atoms with Crippen molar-refractivity contribution in [1.29, 1.82) is 0 Å². The molecule has 0 amide bonds. The summed E-state index contributed by atoms with van der Waals surface area (Å²) in [5.41, 5.74) is 6.05. The van der Waals surface area contributed by atoms with Gasteiger partial charge in [-0.05, 0) is 90.4 Å². The first-order valence-corrected chi connectivity index (χ1v) is 20.2. The summed E-state index contributed by atoms with van der Waals surface area (Å²) in [4.78, 5) is 0. The molecular weight excluding hydrogens is 411 g/mol. The first-order valence-electron chi connectivity index (χ1n) is 11.7. The Labute approximate surface area is 186 Å². The van der Waals surface area contributed by atoms with Crippen LogP contribution in [0.15, 0.2) is 0 Å². The lowest BCUT2D eigenvalue weighted by atomic mass is 10.2. The molecular formula is C22H53NO3Si3. The summed E-state index contributed by atoms with van der Waals surface area (Å²) in [6, 6.07) is 1.03. The SMILES string of the molecule is CCC(C)O[Si](C)(C)[C@](C)(CC)O[Si](C)(CCCN)C(C)O[Si](C)(C)C(C)(C)C. The summed E-state index contributed by atoms with van der Waals surface area (Å²) in [5.74, 6) is 0. The molecule has 4 nitrogen and oxygen atoms in total. The fraction of sp³-hybridized carbons (Fsp3) is 1.00. The van der Waals surface area contributed by atoms with Gasteiger partial charge in [-0.15, -0.1) is 0 Å². The van der Waals surface area contributed by atoms with E-state index in [9.17, 15) is 0 Å². The zero-order valence-electron chi connectivity index (χ0n) is 22.0. The number of hydrogen-bond donors (Lipinski definition) is 1. The Kier molecular flexibility index (Phi) is 11.1. The van der Waals surface area contributed by atoms with Crippen LogP contribution in [-0.2, 0) is 13.3 Å². The number of rotatable bonds is 13. The minimum Gasteiger partial charge on any atom is -0.414 e. The molecule has 0 spiro atoms. The molecule has 0 heterocycles. The van der Waals surface area contributed by atoms with Gasteiger partial charge < -0.3 is 19.0 Å². The number of nitrogens with two attached hydrogens (primary N) is 1. The third-order valence-electron chi connectivity index (χ3n) is 7.49. The van der Waals surface area contributed by atoms with Gasteiger partial charge in [0.15, 0.2) is 8.32 Å². The zero-order valence-corrected chi connectivity index (χ0v) is 25.0. The molecule has 4 atom stereocenters. The Bertz CT molecular complexity index is 496. The van der Waals surface area contributed by atoms with Crippen molar-refractivity contribution in [2.75, 3.05) is 6.54 Å². The predicted molar refractivity (Wildman–Crippen MR) is 136 cm³/mol. The maximum Gasteiger partial charge on any atom is 0.216 e. The van der Waals surface area contributed by atoms with E-state index in [1.165, 1.54) is 0 Å². The Hall–Kier alpha value is 0.491. The molecule has 176 valence electrons. The molecule has 29 heavy (non-hydrogen) atoms. The molecule has 3 unspecified atom stereocenters. The highest BCUT2D eigenvalue weighted by molar-refractivity contribution is 6.80. The third kappa shape index (κ3) is 7.84. The highest BCUT2D eigenvalue weighted by Crippen LogP contribution is 2.41. The maximum absolute atomic E-state index is 7.22. The van der Waals surface area contributed by atoms with Crippen LogP contribution >= 0.6 is 0 Å². The molecule has 0 aliphatic heterocycles. The van der Waals surface area contributed by atoms with Gasteiger partial charge in [0.25, 0.3) is 0 Å². The molecule has 0 aliphatic carbocycles. The van der Waals surface area contributed by atoms with Crippen molar-refractivity contribution in [1.82, 2.24) is 0 Å². The molecule has 0 radical (unpaired) electrons. The Balaban J connectivity index is 5.88. The lowest BCUT2D eigenvalue weighted by Crippen LogP contribution is -2.65. The van der Waals surface area contributed by atoms with Crippen molar-refractivity contribution in [2.45, 2.75) is 136 Å². The topological polar surface area (TPSA) is 53.7 Å². The summed E-state index contributed by atoms with van der Waals surface area (Å²) in [6.07, 6.45) is 3.25. The van der Waals surface area contributed by atoms with E-state index in [1.54, 1.807) is 0 Å². The van der Waals surface area contributed by atoms with Crippen LogP contribution in [0.5, 0.6) is 0 Å². The van der Waals surface area contributed by atoms with Crippen molar-refractivity contribution < 1.29 is 13.3 Å². The average molecular weight is 464 g/mol. The largest absolute Gasteiger partial charge is 0.414 e. The van der Waals surface area contributed by atoms with Gasteiger partial charge in [0.1, 0.15) is 0 Å². The van der Waals surface area contributed by atoms with E-state index in [0.29, 0.717) is 6.54 Å². The minimum absolute atomic E-state index is 0.134. The van der Waals surface area contributed by atoms with Gasteiger partial charge in [-0.25, -0.2) is 0 Å². The predicted octanol–water partition coefficient (Wildman–Crippen LogP) is 6.60. The summed E-state index contributed by atoms with van der Waals surface area (Å²) in [5, 5.41) is -0.0523. The van der Waals surface area contributed by atoms with Crippen LogP contribution in [0.3, 0.4) is 0 Å². The second kappa shape index (κ2) is 10.9. The quantitative estimate of drug-likeness (QED) is 0.312. The molecule has 0 aromatic carbocycles.